The van der Waals surface area contributed by atoms with Crippen LogP contribution in [-0.4, -0.2) is 49.8 Å². The highest BCUT2D eigenvalue weighted by atomic mass is 16.5. The van der Waals surface area contributed by atoms with E-state index in [1.165, 1.54) is 12.8 Å². The first-order valence-electron chi connectivity index (χ1n) is 6.24. The van der Waals surface area contributed by atoms with Gasteiger partial charge in [-0.25, -0.2) is 0 Å². The van der Waals surface area contributed by atoms with E-state index in [2.05, 4.69) is 38.0 Å². The van der Waals surface area contributed by atoms with Gasteiger partial charge in [0.2, 0.25) is 0 Å². The van der Waals surface area contributed by atoms with E-state index in [0.29, 0.717) is 18.2 Å². The second-order valence-corrected chi connectivity index (χ2v) is 4.55. The maximum absolute atomic E-state index is 5.70. The SMILES string of the molecule is CCC(CN1CC(C)OCC1CC)NC. The summed E-state index contributed by atoms with van der Waals surface area (Å²) in [6.07, 6.45) is 2.77. The average molecular weight is 214 g/mol. The van der Waals surface area contributed by atoms with Crippen LogP contribution in [0.25, 0.3) is 0 Å². The quantitative estimate of drug-likeness (QED) is 0.750. The summed E-state index contributed by atoms with van der Waals surface area (Å²) in [4.78, 5) is 2.58. The number of rotatable bonds is 5. The lowest BCUT2D eigenvalue weighted by atomic mass is 10.1. The molecular formula is C12H26N2O. The molecule has 1 heterocycles. The lowest BCUT2D eigenvalue weighted by Gasteiger charge is -2.39. The Morgan fingerprint density at radius 3 is 2.73 bits per heavy atom. The molecule has 15 heavy (non-hydrogen) atoms. The number of hydrogen-bond acceptors (Lipinski definition) is 3. The molecule has 1 rings (SSSR count). The molecule has 3 heteroatoms. The molecule has 1 N–H and O–H groups in total. The van der Waals surface area contributed by atoms with Crippen molar-refractivity contribution in [3.8, 4) is 0 Å². The Morgan fingerprint density at radius 2 is 2.20 bits per heavy atom. The summed E-state index contributed by atoms with van der Waals surface area (Å²) in [5.74, 6) is 0. The van der Waals surface area contributed by atoms with Crippen LogP contribution in [0.3, 0.4) is 0 Å². The van der Waals surface area contributed by atoms with Gasteiger partial charge in [0, 0.05) is 25.2 Å². The highest BCUT2D eigenvalue weighted by molar-refractivity contribution is 4.81. The van der Waals surface area contributed by atoms with Gasteiger partial charge in [0.25, 0.3) is 0 Å². The molecule has 0 bridgehead atoms. The lowest BCUT2D eigenvalue weighted by Crippen LogP contribution is -2.52. The predicted octanol–water partition coefficient (Wildman–Crippen LogP) is 1.48. The topological polar surface area (TPSA) is 24.5 Å². The maximum atomic E-state index is 5.70. The van der Waals surface area contributed by atoms with Crippen LogP contribution in [0.5, 0.6) is 0 Å². The highest BCUT2D eigenvalue weighted by Crippen LogP contribution is 2.15. The molecular weight excluding hydrogens is 188 g/mol. The molecule has 1 saturated heterocycles. The second kappa shape index (κ2) is 6.46. The van der Waals surface area contributed by atoms with Crippen molar-refractivity contribution >= 4 is 0 Å². The summed E-state index contributed by atoms with van der Waals surface area (Å²) in [7, 11) is 2.05. The number of likely N-dealkylation sites (N-methyl/N-ethyl adjacent to an activating group) is 1. The van der Waals surface area contributed by atoms with Crippen molar-refractivity contribution in [1.29, 1.82) is 0 Å². The van der Waals surface area contributed by atoms with Gasteiger partial charge >= 0.3 is 0 Å². The molecule has 0 amide bonds. The van der Waals surface area contributed by atoms with Gasteiger partial charge in [0.05, 0.1) is 12.7 Å². The third-order valence-electron chi connectivity index (χ3n) is 3.41. The number of hydrogen-bond donors (Lipinski definition) is 1. The largest absolute Gasteiger partial charge is 0.376 e. The van der Waals surface area contributed by atoms with E-state index >= 15 is 0 Å². The predicted molar refractivity (Wildman–Crippen MR) is 64.2 cm³/mol. The summed E-state index contributed by atoms with van der Waals surface area (Å²) in [6.45, 7) is 9.79. The Kier molecular flexibility index (Phi) is 5.58. The molecule has 90 valence electrons. The van der Waals surface area contributed by atoms with Gasteiger partial charge in [-0.2, -0.15) is 0 Å². The molecule has 1 aliphatic heterocycles. The minimum absolute atomic E-state index is 0.391. The number of nitrogens with zero attached hydrogens (tertiary/aromatic N) is 1. The second-order valence-electron chi connectivity index (χ2n) is 4.55. The van der Waals surface area contributed by atoms with E-state index in [-0.39, 0.29) is 0 Å². The Labute approximate surface area is 94.2 Å². The Balaban J connectivity index is 2.47. The first-order valence-corrected chi connectivity index (χ1v) is 6.24. The fourth-order valence-electron chi connectivity index (χ4n) is 2.22. The van der Waals surface area contributed by atoms with Crippen molar-refractivity contribution in [3.63, 3.8) is 0 Å². The molecule has 3 nitrogen and oxygen atoms in total. The zero-order chi connectivity index (χ0) is 11.3. The van der Waals surface area contributed by atoms with E-state index in [1.54, 1.807) is 0 Å². The average Bonchev–Trinajstić information content (AvgIpc) is 2.26. The van der Waals surface area contributed by atoms with Crippen molar-refractivity contribution in [2.45, 2.75) is 51.8 Å². The summed E-state index contributed by atoms with van der Waals surface area (Å²) in [5, 5.41) is 3.38. The fraction of sp³-hybridized carbons (Fsp3) is 1.00. The van der Waals surface area contributed by atoms with E-state index in [9.17, 15) is 0 Å². The van der Waals surface area contributed by atoms with Crippen LogP contribution < -0.4 is 5.32 Å². The van der Waals surface area contributed by atoms with Crippen LogP contribution in [0.2, 0.25) is 0 Å². The highest BCUT2D eigenvalue weighted by Gasteiger charge is 2.26. The van der Waals surface area contributed by atoms with Gasteiger partial charge in [-0.1, -0.05) is 13.8 Å². The van der Waals surface area contributed by atoms with Crippen molar-refractivity contribution in [1.82, 2.24) is 10.2 Å². The molecule has 0 aromatic rings. The van der Waals surface area contributed by atoms with Gasteiger partial charge in [0.1, 0.15) is 0 Å². The van der Waals surface area contributed by atoms with E-state index in [4.69, 9.17) is 4.74 Å². The molecule has 0 aromatic heterocycles. The molecule has 0 spiro atoms. The molecule has 3 atom stereocenters. The van der Waals surface area contributed by atoms with Crippen molar-refractivity contribution in [2.75, 3.05) is 26.7 Å². The monoisotopic (exact) mass is 214 g/mol. The minimum Gasteiger partial charge on any atom is -0.376 e. The molecule has 1 aliphatic rings. The first kappa shape index (κ1) is 12.9. The zero-order valence-electron chi connectivity index (χ0n) is 10.6. The van der Waals surface area contributed by atoms with Crippen molar-refractivity contribution < 1.29 is 4.74 Å². The van der Waals surface area contributed by atoms with Crippen LogP contribution >= 0.6 is 0 Å². The van der Waals surface area contributed by atoms with Crippen LogP contribution in [-0.2, 0) is 4.74 Å². The van der Waals surface area contributed by atoms with E-state index in [0.717, 1.165) is 19.7 Å². The van der Waals surface area contributed by atoms with Crippen LogP contribution in [0, 0.1) is 0 Å². The lowest BCUT2D eigenvalue weighted by molar-refractivity contribution is -0.0583. The summed E-state index contributed by atoms with van der Waals surface area (Å²) < 4.78 is 5.70. The van der Waals surface area contributed by atoms with Gasteiger partial charge in [-0.15, -0.1) is 0 Å². The molecule has 0 aromatic carbocycles. The summed E-state index contributed by atoms with van der Waals surface area (Å²) >= 11 is 0. The van der Waals surface area contributed by atoms with Crippen LogP contribution in [0.15, 0.2) is 0 Å². The molecule has 0 saturated carbocycles. The number of nitrogens with one attached hydrogen (secondary N) is 1. The standard InChI is InChI=1S/C12H26N2O/c1-5-11(13-4)8-14-7-10(3)15-9-12(14)6-2/h10-13H,5-9H2,1-4H3. The first-order chi connectivity index (χ1) is 7.21. The third-order valence-corrected chi connectivity index (χ3v) is 3.41. The molecule has 0 radical (unpaired) electrons. The van der Waals surface area contributed by atoms with Gasteiger partial charge < -0.3 is 10.1 Å². The maximum Gasteiger partial charge on any atom is 0.0674 e. The molecule has 0 aliphatic carbocycles. The normalized spacial score (nSPS) is 30.4. The summed E-state index contributed by atoms with van der Waals surface area (Å²) in [6, 6.07) is 1.23. The van der Waals surface area contributed by atoms with Gasteiger partial charge in [0.15, 0.2) is 0 Å². The Bertz CT molecular complexity index is 171. The van der Waals surface area contributed by atoms with Crippen molar-refractivity contribution in [3.05, 3.63) is 0 Å². The van der Waals surface area contributed by atoms with E-state index in [1.807, 2.05) is 0 Å². The Hall–Kier alpha value is -0.120. The zero-order valence-corrected chi connectivity index (χ0v) is 10.6. The Morgan fingerprint density at radius 1 is 1.47 bits per heavy atom. The fourth-order valence-corrected chi connectivity index (χ4v) is 2.22. The van der Waals surface area contributed by atoms with Crippen LogP contribution in [0.1, 0.15) is 33.6 Å². The summed E-state index contributed by atoms with van der Waals surface area (Å²) in [5.41, 5.74) is 0. The minimum atomic E-state index is 0.391. The number of morpholine rings is 1. The smallest absolute Gasteiger partial charge is 0.0674 e. The van der Waals surface area contributed by atoms with Gasteiger partial charge in [-0.05, 0) is 26.8 Å². The van der Waals surface area contributed by atoms with Gasteiger partial charge in [-0.3, -0.25) is 4.90 Å². The molecule has 3 unspecified atom stereocenters. The van der Waals surface area contributed by atoms with Crippen molar-refractivity contribution in [2.24, 2.45) is 0 Å². The number of ether oxygens (including phenoxy) is 1. The van der Waals surface area contributed by atoms with Crippen LogP contribution in [0.4, 0.5) is 0 Å². The molecule has 1 fully saturated rings. The van der Waals surface area contributed by atoms with E-state index < -0.39 is 0 Å². The third kappa shape index (κ3) is 3.74.